The van der Waals surface area contributed by atoms with Gasteiger partial charge in [0.05, 0.1) is 18.6 Å². The third-order valence-corrected chi connectivity index (χ3v) is 2.21. The van der Waals surface area contributed by atoms with E-state index in [1.807, 2.05) is 0 Å². The van der Waals surface area contributed by atoms with Gasteiger partial charge in [-0.15, -0.1) is 5.10 Å². The van der Waals surface area contributed by atoms with E-state index in [0.29, 0.717) is 12.4 Å². The Balaban J connectivity index is 1.75. The first-order valence-electron chi connectivity index (χ1n) is 5.39. The lowest BCUT2D eigenvalue weighted by Gasteiger charge is -2.04. The van der Waals surface area contributed by atoms with Gasteiger partial charge in [-0.05, 0) is 6.42 Å². The topological polar surface area (TPSA) is 106 Å². The summed E-state index contributed by atoms with van der Waals surface area (Å²) in [6, 6.07) is 0. The highest BCUT2D eigenvalue weighted by Gasteiger charge is 2.04. The molecule has 0 saturated carbocycles. The summed E-state index contributed by atoms with van der Waals surface area (Å²) < 4.78 is 1.74. The summed E-state index contributed by atoms with van der Waals surface area (Å²) >= 11 is 0. The molecule has 8 nitrogen and oxygen atoms in total. The molecule has 2 heterocycles. The monoisotopic (exact) mass is 248 g/mol. The number of carboxylic acids is 1. The molecule has 0 spiro atoms. The second-order valence-electron chi connectivity index (χ2n) is 3.54. The van der Waals surface area contributed by atoms with Crippen LogP contribution in [-0.4, -0.2) is 42.6 Å². The number of hydrogen-bond acceptors (Lipinski definition) is 6. The molecule has 2 N–H and O–H groups in total. The lowest BCUT2D eigenvalue weighted by Crippen LogP contribution is -2.09. The third kappa shape index (κ3) is 3.24. The van der Waals surface area contributed by atoms with Crippen LogP contribution < -0.4 is 5.32 Å². The molecule has 0 amide bonds. The van der Waals surface area contributed by atoms with Gasteiger partial charge in [0.25, 0.3) is 0 Å². The molecular weight excluding hydrogens is 236 g/mol. The van der Waals surface area contributed by atoms with Crippen molar-refractivity contribution < 1.29 is 9.90 Å². The SMILES string of the molecule is O=C(O)c1cnc(NCCCn2ccnn2)cn1. The molecule has 0 radical (unpaired) electrons. The van der Waals surface area contributed by atoms with Gasteiger partial charge < -0.3 is 10.4 Å². The van der Waals surface area contributed by atoms with Crippen LogP contribution in [0, 0.1) is 0 Å². The fourth-order valence-electron chi connectivity index (χ4n) is 1.34. The lowest BCUT2D eigenvalue weighted by molar-refractivity contribution is 0.0690. The van der Waals surface area contributed by atoms with Crippen molar-refractivity contribution in [3.63, 3.8) is 0 Å². The quantitative estimate of drug-likeness (QED) is 0.706. The predicted octanol–water partition coefficient (Wildman–Crippen LogP) is 0.268. The first-order valence-corrected chi connectivity index (χ1v) is 5.39. The van der Waals surface area contributed by atoms with E-state index in [1.165, 1.54) is 12.4 Å². The molecule has 2 aromatic rings. The normalized spacial score (nSPS) is 10.2. The minimum Gasteiger partial charge on any atom is -0.476 e. The maximum Gasteiger partial charge on any atom is 0.356 e. The zero-order chi connectivity index (χ0) is 12.8. The van der Waals surface area contributed by atoms with Crippen LogP contribution in [0.4, 0.5) is 5.82 Å². The number of anilines is 1. The van der Waals surface area contributed by atoms with Gasteiger partial charge in [0.15, 0.2) is 5.69 Å². The zero-order valence-electron chi connectivity index (χ0n) is 9.52. The highest BCUT2D eigenvalue weighted by Crippen LogP contribution is 2.01. The lowest BCUT2D eigenvalue weighted by atomic mass is 10.4. The van der Waals surface area contributed by atoms with Gasteiger partial charge in [-0.2, -0.15) is 0 Å². The molecule has 94 valence electrons. The summed E-state index contributed by atoms with van der Waals surface area (Å²) in [5.74, 6) is -0.529. The molecule has 0 aliphatic rings. The van der Waals surface area contributed by atoms with Crippen LogP contribution in [0.5, 0.6) is 0 Å². The summed E-state index contributed by atoms with van der Waals surface area (Å²) in [6.07, 6.45) is 6.90. The molecule has 0 saturated heterocycles. The van der Waals surface area contributed by atoms with Gasteiger partial charge in [0.2, 0.25) is 0 Å². The van der Waals surface area contributed by atoms with Crippen LogP contribution >= 0.6 is 0 Å². The van der Waals surface area contributed by atoms with Crippen LogP contribution in [0.2, 0.25) is 0 Å². The Morgan fingerprint density at radius 1 is 1.39 bits per heavy atom. The second-order valence-corrected chi connectivity index (χ2v) is 3.54. The smallest absolute Gasteiger partial charge is 0.356 e. The van der Waals surface area contributed by atoms with Crippen molar-refractivity contribution in [1.82, 2.24) is 25.0 Å². The molecule has 0 atom stereocenters. The highest BCUT2D eigenvalue weighted by atomic mass is 16.4. The molecule has 8 heteroatoms. The number of carbonyl (C=O) groups is 1. The first kappa shape index (κ1) is 12.0. The molecule has 2 aromatic heterocycles. The average Bonchev–Trinajstić information content (AvgIpc) is 2.88. The third-order valence-electron chi connectivity index (χ3n) is 2.21. The van der Waals surface area contributed by atoms with E-state index in [1.54, 1.807) is 17.1 Å². The highest BCUT2D eigenvalue weighted by molar-refractivity contribution is 5.84. The summed E-state index contributed by atoms with van der Waals surface area (Å²) in [7, 11) is 0. The minimum absolute atomic E-state index is 0.0665. The molecule has 18 heavy (non-hydrogen) atoms. The van der Waals surface area contributed by atoms with E-state index in [4.69, 9.17) is 5.11 Å². The van der Waals surface area contributed by atoms with Crippen LogP contribution in [0.15, 0.2) is 24.8 Å². The number of hydrogen-bond donors (Lipinski definition) is 2. The Labute approximate surface area is 103 Å². The Bertz CT molecular complexity index is 496. The van der Waals surface area contributed by atoms with Gasteiger partial charge in [-0.1, -0.05) is 5.21 Å². The average molecular weight is 248 g/mol. The van der Waals surface area contributed by atoms with Crippen molar-refractivity contribution in [2.24, 2.45) is 0 Å². The fraction of sp³-hybridized carbons (Fsp3) is 0.300. The van der Waals surface area contributed by atoms with Crippen molar-refractivity contribution in [1.29, 1.82) is 0 Å². The van der Waals surface area contributed by atoms with E-state index < -0.39 is 5.97 Å². The predicted molar refractivity (Wildman–Crippen MR) is 62.1 cm³/mol. The van der Waals surface area contributed by atoms with E-state index in [9.17, 15) is 4.79 Å². The van der Waals surface area contributed by atoms with Gasteiger partial charge in [0, 0.05) is 19.3 Å². The number of aryl methyl sites for hydroxylation is 1. The van der Waals surface area contributed by atoms with Crippen molar-refractivity contribution in [3.05, 3.63) is 30.5 Å². The molecule has 0 unspecified atom stereocenters. The number of carboxylic acid groups (broad SMARTS) is 1. The zero-order valence-corrected chi connectivity index (χ0v) is 9.52. The first-order chi connectivity index (χ1) is 8.75. The van der Waals surface area contributed by atoms with Crippen LogP contribution in [0.25, 0.3) is 0 Å². The number of aromatic carboxylic acids is 1. The maximum absolute atomic E-state index is 10.6. The molecule has 0 aliphatic carbocycles. The molecule has 0 bridgehead atoms. The molecule has 2 rings (SSSR count). The maximum atomic E-state index is 10.6. The van der Waals surface area contributed by atoms with Crippen LogP contribution in [-0.2, 0) is 6.54 Å². The van der Waals surface area contributed by atoms with E-state index in [0.717, 1.165) is 13.0 Å². The standard InChI is InChI=1S/C10H12N6O2/c17-10(18)8-6-13-9(7-12-8)11-2-1-4-16-5-3-14-15-16/h3,5-7H,1-2,4H2,(H,11,13)(H,17,18). The van der Waals surface area contributed by atoms with Crippen molar-refractivity contribution in [3.8, 4) is 0 Å². The van der Waals surface area contributed by atoms with Gasteiger partial charge in [0.1, 0.15) is 5.82 Å². The second kappa shape index (κ2) is 5.71. The number of aromatic nitrogens is 5. The molecule has 0 aliphatic heterocycles. The summed E-state index contributed by atoms with van der Waals surface area (Å²) in [6.45, 7) is 1.45. The van der Waals surface area contributed by atoms with Crippen LogP contribution in [0.1, 0.15) is 16.9 Å². The minimum atomic E-state index is -1.08. The number of nitrogens with zero attached hydrogens (tertiary/aromatic N) is 5. The van der Waals surface area contributed by atoms with E-state index in [2.05, 4.69) is 25.6 Å². The van der Waals surface area contributed by atoms with Crippen LogP contribution in [0.3, 0.4) is 0 Å². The number of nitrogens with one attached hydrogen (secondary N) is 1. The summed E-state index contributed by atoms with van der Waals surface area (Å²) in [5.41, 5.74) is -0.0665. The van der Waals surface area contributed by atoms with Crippen molar-refractivity contribution in [2.45, 2.75) is 13.0 Å². The van der Waals surface area contributed by atoms with E-state index in [-0.39, 0.29) is 5.69 Å². The van der Waals surface area contributed by atoms with Gasteiger partial charge in [-0.25, -0.2) is 14.8 Å². The Kier molecular flexibility index (Phi) is 3.79. The molecule has 0 aromatic carbocycles. The Morgan fingerprint density at radius 2 is 2.28 bits per heavy atom. The Morgan fingerprint density at radius 3 is 2.89 bits per heavy atom. The van der Waals surface area contributed by atoms with Gasteiger partial charge >= 0.3 is 5.97 Å². The van der Waals surface area contributed by atoms with E-state index >= 15 is 0 Å². The molecule has 0 fully saturated rings. The van der Waals surface area contributed by atoms with Gasteiger partial charge in [-0.3, -0.25) is 4.68 Å². The fourth-order valence-corrected chi connectivity index (χ4v) is 1.34. The van der Waals surface area contributed by atoms with Crippen molar-refractivity contribution in [2.75, 3.05) is 11.9 Å². The molecular formula is C10H12N6O2. The van der Waals surface area contributed by atoms with Crippen molar-refractivity contribution >= 4 is 11.8 Å². The summed E-state index contributed by atoms with van der Waals surface area (Å²) in [5, 5.41) is 19.2. The number of rotatable bonds is 6. The Hall–Kier alpha value is -2.51. The largest absolute Gasteiger partial charge is 0.476 e. The summed E-state index contributed by atoms with van der Waals surface area (Å²) in [4.78, 5) is 18.3.